The van der Waals surface area contributed by atoms with E-state index in [0.717, 1.165) is 124 Å². The van der Waals surface area contributed by atoms with E-state index in [0.29, 0.717) is 0 Å². The van der Waals surface area contributed by atoms with Crippen LogP contribution in [0, 0.1) is 0 Å². The van der Waals surface area contributed by atoms with E-state index in [1.165, 1.54) is 111 Å². The Balaban J connectivity index is 0.593. The fourth-order valence-corrected chi connectivity index (χ4v) is 22.9. The van der Waals surface area contributed by atoms with Crippen molar-refractivity contribution < 1.29 is 8.83 Å². The zero-order chi connectivity index (χ0) is 86.7. The molecule has 0 fully saturated rings. The Morgan fingerprint density at radius 2 is 0.569 bits per heavy atom. The van der Waals surface area contributed by atoms with Crippen LogP contribution in [0.4, 0.5) is 68.2 Å². The Bertz CT molecular complexity index is 8090. The highest BCUT2D eigenvalue weighted by Gasteiger charge is 2.47. The fourth-order valence-electron chi connectivity index (χ4n) is 22.9. The predicted octanol–water partition coefficient (Wildman–Crippen LogP) is 33.5. The number of fused-ring (bicyclic) bond motifs is 18. The predicted molar refractivity (Wildman–Crippen MR) is 540 cm³/mol. The number of para-hydroxylation sites is 3. The Hall–Kier alpha value is -16.0. The number of benzene rings is 19. The van der Waals surface area contributed by atoms with Gasteiger partial charge in [-0.1, -0.05) is 326 Å². The minimum atomic E-state index is -0.578. The second kappa shape index (κ2) is 29.5. The first kappa shape index (κ1) is 76.4. The summed E-state index contributed by atoms with van der Waals surface area (Å²) < 4.78 is 13.3. The molecular formula is C124H90N4O2. The van der Waals surface area contributed by atoms with E-state index in [1.54, 1.807) is 0 Å². The van der Waals surface area contributed by atoms with E-state index in [-0.39, 0.29) is 10.8 Å². The van der Waals surface area contributed by atoms with Crippen molar-refractivity contribution in [3.05, 3.63) is 504 Å². The van der Waals surface area contributed by atoms with Crippen LogP contribution < -0.4 is 19.6 Å². The maximum atomic E-state index is 6.81. The zero-order valence-corrected chi connectivity index (χ0v) is 73.0. The summed E-state index contributed by atoms with van der Waals surface area (Å²) in [6, 6.07) is 165. The molecule has 4 aliphatic rings. The van der Waals surface area contributed by atoms with E-state index in [2.05, 4.69) is 491 Å². The van der Waals surface area contributed by atoms with Crippen molar-refractivity contribution in [2.24, 2.45) is 0 Å². The highest BCUT2D eigenvalue weighted by Crippen LogP contribution is 2.61. The zero-order valence-electron chi connectivity index (χ0n) is 73.0. The van der Waals surface area contributed by atoms with E-state index >= 15 is 0 Å². The van der Waals surface area contributed by atoms with Gasteiger partial charge in [-0.3, -0.25) is 0 Å². The number of anilines is 12. The number of hydrogen-bond acceptors (Lipinski definition) is 6. The first-order valence-corrected chi connectivity index (χ1v) is 45.4. The van der Waals surface area contributed by atoms with Gasteiger partial charge in [0.1, 0.15) is 22.3 Å². The lowest BCUT2D eigenvalue weighted by molar-refractivity contribution is 0.581. The molecule has 4 aliphatic carbocycles. The van der Waals surface area contributed by atoms with Crippen LogP contribution in [0.15, 0.2) is 452 Å². The van der Waals surface area contributed by atoms with Crippen LogP contribution in [0.1, 0.15) is 95.8 Å². The standard InChI is InChI=1S/C124H90N4O2/c1-121(2)107-49-21-15-43-96(107)101-67-63-94(77-112(101)121)127(92-65-70-118-106(75-92)104-47-19-25-54-116(104)129-118)90-41-29-42-91(74-90)128(115-53-30-56-119-120(115)105-48-20-26-55-117(105)130-119)95-64-69-103-97-44-16-22-50-108(97)123(5,114(103)78-95)79-80-57-66-100-102-68-62-93(76-113(102)122(3,4)111(100)71-80)126(86-60-58-82(59-61-86)81-31-9-6-10-32-81)89-40-28-39-88(73-89)125(85-36-13-8-14-37-85)87-38-27-35-84(72-87)124(83-33-11-7-12-34-83)109-51-23-17-45-98(109)99-46-18-24-52-110(99)124/h6-78H,79H2,1-5H3. The third-order valence-electron chi connectivity index (χ3n) is 28.9. The Kier molecular flexibility index (Phi) is 17.4. The molecule has 0 aliphatic heterocycles. The van der Waals surface area contributed by atoms with Crippen LogP contribution in [0.25, 0.3) is 99.5 Å². The van der Waals surface area contributed by atoms with Crippen molar-refractivity contribution in [1.82, 2.24) is 0 Å². The van der Waals surface area contributed by atoms with Gasteiger partial charge in [0.2, 0.25) is 0 Å². The molecule has 130 heavy (non-hydrogen) atoms. The van der Waals surface area contributed by atoms with Gasteiger partial charge >= 0.3 is 0 Å². The molecular weight excluding hydrogens is 1580 g/mol. The molecule has 0 amide bonds. The molecule has 1 unspecified atom stereocenters. The molecule has 618 valence electrons. The van der Waals surface area contributed by atoms with Crippen molar-refractivity contribution in [3.63, 3.8) is 0 Å². The lowest BCUT2D eigenvalue weighted by atomic mass is 9.67. The normalized spacial score (nSPS) is 14.7. The Morgan fingerprint density at radius 1 is 0.208 bits per heavy atom. The smallest absolute Gasteiger partial charge is 0.137 e. The van der Waals surface area contributed by atoms with E-state index in [9.17, 15) is 0 Å². The van der Waals surface area contributed by atoms with Gasteiger partial charge in [0.15, 0.2) is 0 Å². The second-order valence-electron chi connectivity index (χ2n) is 36.8. The largest absolute Gasteiger partial charge is 0.456 e. The summed E-state index contributed by atoms with van der Waals surface area (Å²) in [5, 5.41) is 4.27. The van der Waals surface area contributed by atoms with Crippen molar-refractivity contribution in [1.29, 1.82) is 0 Å². The molecule has 25 rings (SSSR count). The summed E-state index contributed by atoms with van der Waals surface area (Å²) in [7, 11) is 0. The van der Waals surface area contributed by atoms with Gasteiger partial charge < -0.3 is 28.4 Å². The molecule has 19 aromatic carbocycles. The van der Waals surface area contributed by atoms with Gasteiger partial charge in [-0.2, -0.15) is 0 Å². The molecule has 0 saturated carbocycles. The minimum absolute atomic E-state index is 0.227. The second-order valence-corrected chi connectivity index (χ2v) is 36.8. The topological polar surface area (TPSA) is 39.2 Å². The third kappa shape index (κ3) is 11.8. The molecule has 6 heteroatoms. The van der Waals surface area contributed by atoms with Crippen LogP contribution in [-0.2, 0) is 28.1 Å². The average Bonchev–Trinajstić information content (AvgIpc) is 1.53. The first-order valence-electron chi connectivity index (χ1n) is 45.4. The van der Waals surface area contributed by atoms with Crippen molar-refractivity contribution >= 4 is 112 Å². The van der Waals surface area contributed by atoms with Crippen LogP contribution in [-0.4, -0.2) is 0 Å². The summed E-state index contributed by atoms with van der Waals surface area (Å²) in [6.07, 6.45) is 0.764. The van der Waals surface area contributed by atoms with Crippen molar-refractivity contribution in [2.75, 3.05) is 19.6 Å². The SMILES string of the molecule is CC1(C)c2ccccc2-c2ccc(N(c3cccc(N(c4ccc5c(c4)C(C)(Cc4ccc6c(c4)C(C)(C)c4cc(N(c7ccc(-c8ccccc8)cc7)c7cccc(N(c8ccccc8)c8cccc(C9(c%10ccccc%10)c%10ccccc%10-c%10ccccc%109)c8)c7)ccc4-6)c4ccccc4-5)c4cccc5oc6ccccc6c45)c3)c3ccc4oc5ccccc5c4c3)cc21. The average molecular weight is 1670 g/mol. The summed E-state index contributed by atoms with van der Waals surface area (Å²) >= 11 is 0. The summed E-state index contributed by atoms with van der Waals surface area (Å²) in [4.78, 5) is 9.83. The molecule has 0 bridgehead atoms. The van der Waals surface area contributed by atoms with E-state index in [1.807, 2.05) is 6.07 Å². The molecule has 2 aromatic heterocycles. The summed E-state index contributed by atoms with van der Waals surface area (Å²) in [6.45, 7) is 12.1. The highest BCUT2D eigenvalue weighted by atomic mass is 16.3. The monoisotopic (exact) mass is 1670 g/mol. The first-order chi connectivity index (χ1) is 63.8. The fraction of sp³-hybridized carbons (Fsp3) is 0.0806. The quantitative estimate of drug-likeness (QED) is 0.0905. The number of rotatable bonds is 17. The lowest BCUT2D eigenvalue weighted by Crippen LogP contribution is -2.28. The molecule has 0 saturated heterocycles. The van der Waals surface area contributed by atoms with Gasteiger partial charge in [0, 0.05) is 95.0 Å². The van der Waals surface area contributed by atoms with Gasteiger partial charge in [-0.05, 0) is 275 Å². The van der Waals surface area contributed by atoms with Crippen LogP contribution in [0.2, 0.25) is 0 Å². The van der Waals surface area contributed by atoms with E-state index in [4.69, 9.17) is 8.83 Å². The van der Waals surface area contributed by atoms with Crippen LogP contribution >= 0.6 is 0 Å². The molecule has 2 heterocycles. The van der Waals surface area contributed by atoms with Crippen molar-refractivity contribution in [2.45, 2.75) is 62.7 Å². The number of furan rings is 2. The molecule has 0 radical (unpaired) electrons. The van der Waals surface area contributed by atoms with Gasteiger partial charge in [-0.25, -0.2) is 0 Å². The lowest BCUT2D eigenvalue weighted by Gasteiger charge is -2.35. The van der Waals surface area contributed by atoms with Crippen LogP contribution in [0.5, 0.6) is 0 Å². The molecule has 6 nitrogen and oxygen atoms in total. The molecule has 0 spiro atoms. The van der Waals surface area contributed by atoms with Crippen LogP contribution in [0.3, 0.4) is 0 Å². The third-order valence-corrected chi connectivity index (χ3v) is 28.9. The minimum Gasteiger partial charge on any atom is -0.456 e. The van der Waals surface area contributed by atoms with E-state index < -0.39 is 10.8 Å². The Morgan fingerprint density at radius 3 is 1.20 bits per heavy atom. The maximum absolute atomic E-state index is 6.81. The Labute approximate surface area is 757 Å². The highest BCUT2D eigenvalue weighted by molar-refractivity contribution is 6.14. The van der Waals surface area contributed by atoms with Gasteiger partial charge in [0.25, 0.3) is 0 Å². The summed E-state index contributed by atoms with van der Waals surface area (Å²) in [5.74, 6) is 0. The molecule has 1 atom stereocenters. The van der Waals surface area contributed by atoms with Crippen molar-refractivity contribution in [3.8, 4) is 55.6 Å². The molecule has 21 aromatic rings. The number of hydrogen-bond donors (Lipinski definition) is 0. The maximum Gasteiger partial charge on any atom is 0.137 e. The van der Waals surface area contributed by atoms with Gasteiger partial charge in [-0.15, -0.1) is 0 Å². The summed E-state index contributed by atoms with van der Waals surface area (Å²) in [5.41, 5.74) is 40.9. The van der Waals surface area contributed by atoms with Gasteiger partial charge in [0.05, 0.1) is 16.5 Å². The molecule has 0 N–H and O–H groups in total. The number of nitrogens with zero attached hydrogens (tertiary/aromatic N) is 4.